The third-order valence-electron chi connectivity index (χ3n) is 2.35. The van der Waals surface area contributed by atoms with Crippen LogP contribution in [0, 0.1) is 5.41 Å². The molecule has 0 heterocycles. The summed E-state index contributed by atoms with van der Waals surface area (Å²) in [5.41, 5.74) is -0.400. The lowest BCUT2D eigenvalue weighted by atomic mass is 9.96. The van der Waals surface area contributed by atoms with E-state index in [0.29, 0.717) is 12.4 Å². The SMILES string of the molecule is COc1ccc(OCC(C)(C)COS(C)(=O)=O)cc1. The average Bonchev–Trinajstić information content (AvgIpc) is 2.34. The van der Waals surface area contributed by atoms with E-state index in [4.69, 9.17) is 13.7 Å². The van der Waals surface area contributed by atoms with Crippen LogP contribution in [0.25, 0.3) is 0 Å². The van der Waals surface area contributed by atoms with Crippen molar-refractivity contribution < 1.29 is 22.1 Å². The number of rotatable bonds is 7. The maximum absolute atomic E-state index is 10.9. The van der Waals surface area contributed by atoms with Gasteiger partial charge in [0.1, 0.15) is 11.5 Å². The third-order valence-corrected chi connectivity index (χ3v) is 2.90. The molecule has 0 bridgehead atoms. The molecule has 0 amide bonds. The van der Waals surface area contributed by atoms with E-state index in [1.807, 2.05) is 13.8 Å². The monoisotopic (exact) mass is 288 g/mol. The molecule has 1 aromatic rings. The van der Waals surface area contributed by atoms with Gasteiger partial charge in [-0.15, -0.1) is 0 Å². The van der Waals surface area contributed by atoms with Gasteiger partial charge in [0.2, 0.25) is 0 Å². The quantitative estimate of drug-likeness (QED) is 0.719. The number of benzene rings is 1. The molecule has 108 valence electrons. The summed E-state index contributed by atoms with van der Waals surface area (Å²) in [6.07, 6.45) is 1.04. The molecule has 0 saturated heterocycles. The van der Waals surface area contributed by atoms with Gasteiger partial charge >= 0.3 is 0 Å². The maximum atomic E-state index is 10.9. The second-order valence-corrected chi connectivity index (χ2v) is 6.74. The van der Waals surface area contributed by atoms with Crippen LogP contribution in [0.4, 0.5) is 0 Å². The summed E-state index contributed by atoms with van der Waals surface area (Å²) in [6, 6.07) is 7.20. The molecule has 19 heavy (non-hydrogen) atoms. The second kappa shape index (κ2) is 6.25. The van der Waals surface area contributed by atoms with Crippen LogP contribution >= 0.6 is 0 Å². The van der Waals surface area contributed by atoms with Crippen LogP contribution in [0.15, 0.2) is 24.3 Å². The Morgan fingerprint density at radius 3 is 2.05 bits per heavy atom. The van der Waals surface area contributed by atoms with Crippen molar-refractivity contribution in [2.45, 2.75) is 13.8 Å². The standard InChI is InChI=1S/C13H20O5S/c1-13(2,10-18-19(4,14)15)9-17-12-7-5-11(16-3)6-8-12/h5-8H,9-10H2,1-4H3. The molecule has 0 aromatic heterocycles. The van der Waals surface area contributed by atoms with Gasteiger partial charge in [0.05, 0.1) is 26.6 Å². The van der Waals surface area contributed by atoms with Crippen molar-refractivity contribution in [3.05, 3.63) is 24.3 Å². The molecule has 0 aliphatic carbocycles. The van der Waals surface area contributed by atoms with E-state index in [0.717, 1.165) is 12.0 Å². The summed E-state index contributed by atoms with van der Waals surface area (Å²) < 4.78 is 37.3. The fraction of sp³-hybridized carbons (Fsp3) is 0.538. The van der Waals surface area contributed by atoms with Crippen molar-refractivity contribution >= 4 is 10.1 Å². The van der Waals surface area contributed by atoms with Gasteiger partial charge in [-0.1, -0.05) is 13.8 Å². The molecule has 0 radical (unpaired) electrons. The molecule has 6 heteroatoms. The lowest BCUT2D eigenvalue weighted by molar-refractivity contribution is 0.114. The normalized spacial score (nSPS) is 12.2. The molecule has 0 aliphatic heterocycles. The lowest BCUT2D eigenvalue weighted by Gasteiger charge is -2.23. The molecule has 0 spiro atoms. The van der Waals surface area contributed by atoms with E-state index in [1.165, 1.54) is 0 Å². The molecule has 1 aromatic carbocycles. The summed E-state index contributed by atoms with van der Waals surface area (Å²) in [5, 5.41) is 0. The van der Waals surface area contributed by atoms with E-state index in [9.17, 15) is 8.42 Å². The highest BCUT2D eigenvalue weighted by molar-refractivity contribution is 7.85. The fourth-order valence-corrected chi connectivity index (χ4v) is 1.79. The summed E-state index contributed by atoms with van der Waals surface area (Å²) in [4.78, 5) is 0. The molecule has 5 nitrogen and oxygen atoms in total. The zero-order valence-electron chi connectivity index (χ0n) is 11.7. The first-order chi connectivity index (χ1) is 8.72. The first-order valence-electron chi connectivity index (χ1n) is 5.83. The average molecular weight is 288 g/mol. The van der Waals surface area contributed by atoms with Gasteiger partial charge in [0.15, 0.2) is 0 Å². The van der Waals surface area contributed by atoms with Crippen molar-refractivity contribution in [2.24, 2.45) is 5.41 Å². The molecular formula is C13H20O5S. The maximum Gasteiger partial charge on any atom is 0.264 e. The Hall–Kier alpha value is -1.27. The summed E-state index contributed by atoms with van der Waals surface area (Å²) >= 11 is 0. The Morgan fingerprint density at radius 1 is 1.05 bits per heavy atom. The highest BCUT2D eigenvalue weighted by Crippen LogP contribution is 2.21. The fourth-order valence-electron chi connectivity index (χ4n) is 1.26. The molecule has 0 atom stereocenters. The topological polar surface area (TPSA) is 61.8 Å². The third kappa shape index (κ3) is 6.45. The van der Waals surface area contributed by atoms with E-state index in [1.54, 1.807) is 31.4 Å². The molecule has 0 aliphatic rings. The summed E-state index contributed by atoms with van der Waals surface area (Å²) in [5.74, 6) is 1.46. The molecular weight excluding hydrogens is 268 g/mol. The zero-order valence-corrected chi connectivity index (χ0v) is 12.5. The number of ether oxygens (including phenoxy) is 2. The van der Waals surface area contributed by atoms with Gasteiger partial charge in [0, 0.05) is 5.41 Å². The number of methoxy groups -OCH3 is 1. The highest BCUT2D eigenvalue weighted by atomic mass is 32.2. The van der Waals surface area contributed by atoms with Crippen molar-refractivity contribution in [2.75, 3.05) is 26.6 Å². The van der Waals surface area contributed by atoms with Crippen LogP contribution < -0.4 is 9.47 Å². The Balaban J connectivity index is 2.49. The minimum atomic E-state index is -3.42. The molecule has 0 unspecified atom stereocenters. The Bertz CT molecular complexity index is 490. The molecule has 0 fully saturated rings. The lowest BCUT2D eigenvalue weighted by Crippen LogP contribution is -2.28. The Labute approximate surface area is 114 Å². The molecule has 1 rings (SSSR count). The Kier molecular flexibility index (Phi) is 5.20. The van der Waals surface area contributed by atoms with Crippen LogP contribution in [0.3, 0.4) is 0 Å². The van der Waals surface area contributed by atoms with Crippen LogP contribution in [0.5, 0.6) is 11.5 Å². The van der Waals surface area contributed by atoms with Crippen LogP contribution in [-0.2, 0) is 14.3 Å². The molecule has 0 N–H and O–H groups in total. The highest BCUT2D eigenvalue weighted by Gasteiger charge is 2.22. The summed E-state index contributed by atoms with van der Waals surface area (Å²) in [6.45, 7) is 4.19. The summed E-state index contributed by atoms with van der Waals surface area (Å²) in [7, 11) is -1.82. The second-order valence-electron chi connectivity index (χ2n) is 5.09. The van der Waals surface area contributed by atoms with Crippen molar-refractivity contribution in [3.8, 4) is 11.5 Å². The van der Waals surface area contributed by atoms with Crippen LogP contribution in [0.2, 0.25) is 0 Å². The van der Waals surface area contributed by atoms with Gasteiger partial charge in [-0.05, 0) is 24.3 Å². The Morgan fingerprint density at radius 2 is 1.58 bits per heavy atom. The van der Waals surface area contributed by atoms with Crippen LogP contribution in [-0.4, -0.2) is 35.0 Å². The van der Waals surface area contributed by atoms with Gasteiger partial charge < -0.3 is 9.47 Å². The van der Waals surface area contributed by atoms with Gasteiger partial charge in [0.25, 0.3) is 10.1 Å². The first kappa shape index (κ1) is 15.8. The van der Waals surface area contributed by atoms with E-state index >= 15 is 0 Å². The zero-order chi connectivity index (χ0) is 14.5. The molecule has 0 saturated carbocycles. The number of hydrogen-bond donors (Lipinski definition) is 0. The largest absolute Gasteiger partial charge is 0.497 e. The van der Waals surface area contributed by atoms with E-state index in [2.05, 4.69) is 0 Å². The first-order valence-corrected chi connectivity index (χ1v) is 7.65. The van der Waals surface area contributed by atoms with Crippen molar-refractivity contribution in [1.82, 2.24) is 0 Å². The minimum Gasteiger partial charge on any atom is -0.497 e. The smallest absolute Gasteiger partial charge is 0.264 e. The van der Waals surface area contributed by atoms with Gasteiger partial charge in [-0.25, -0.2) is 0 Å². The van der Waals surface area contributed by atoms with E-state index < -0.39 is 15.5 Å². The van der Waals surface area contributed by atoms with Crippen LogP contribution in [0.1, 0.15) is 13.8 Å². The van der Waals surface area contributed by atoms with Crippen molar-refractivity contribution in [3.63, 3.8) is 0 Å². The van der Waals surface area contributed by atoms with Crippen molar-refractivity contribution in [1.29, 1.82) is 0 Å². The minimum absolute atomic E-state index is 0.0853. The number of hydrogen-bond acceptors (Lipinski definition) is 5. The van der Waals surface area contributed by atoms with E-state index in [-0.39, 0.29) is 6.61 Å². The van der Waals surface area contributed by atoms with Gasteiger partial charge in [-0.2, -0.15) is 8.42 Å². The predicted molar refractivity (Wildman–Crippen MR) is 73.1 cm³/mol. The predicted octanol–water partition coefficient (Wildman–Crippen LogP) is 2.08. The van der Waals surface area contributed by atoms with Gasteiger partial charge in [-0.3, -0.25) is 4.18 Å².